The van der Waals surface area contributed by atoms with Gasteiger partial charge in [0.05, 0.1) is 12.6 Å². The Hall–Kier alpha value is -0.420. The number of hydrazine groups is 1. The van der Waals surface area contributed by atoms with Crippen molar-refractivity contribution in [1.29, 1.82) is 0 Å². The zero-order valence-corrected chi connectivity index (χ0v) is 10.6. The fraction of sp³-hybridized carbons (Fsp3) is 0.667. The quantitative estimate of drug-likeness (QED) is 0.611. The highest BCUT2D eigenvalue weighted by Gasteiger charge is 2.27. The molecule has 3 nitrogen and oxygen atoms in total. The molecule has 0 bridgehead atoms. The summed E-state index contributed by atoms with van der Waals surface area (Å²) in [5.41, 5.74) is 4.40. The van der Waals surface area contributed by atoms with Crippen LogP contribution in [-0.4, -0.2) is 19.3 Å². The molecule has 1 aliphatic rings. The molecule has 2 rings (SSSR count). The summed E-state index contributed by atoms with van der Waals surface area (Å²) >= 11 is 1.87. The first-order valence-electron chi connectivity index (χ1n) is 5.97. The van der Waals surface area contributed by atoms with Gasteiger partial charge in [-0.15, -0.1) is 11.3 Å². The smallest absolute Gasteiger partial charge is 0.0638 e. The summed E-state index contributed by atoms with van der Waals surface area (Å²) in [7, 11) is 0. The first-order valence-corrected chi connectivity index (χ1v) is 6.85. The highest BCUT2D eigenvalue weighted by atomic mass is 32.1. The third-order valence-corrected chi connectivity index (χ3v) is 4.30. The van der Waals surface area contributed by atoms with Crippen molar-refractivity contribution in [3.63, 3.8) is 0 Å². The minimum Gasteiger partial charge on any atom is -0.380 e. The Morgan fingerprint density at radius 2 is 2.56 bits per heavy atom. The topological polar surface area (TPSA) is 47.3 Å². The van der Waals surface area contributed by atoms with Crippen molar-refractivity contribution in [1.82, 2.24) is 5.43 Å². The van der Waals surface area contributed by atoms with Gasteiger partial charge in [0.15, 0.2) is 0 Å². The van der Waals surface area contributed by atoms with Crippen LogP contribution in [0, 0.1) is 0 Å². The monoisotopic (exact) mass is 240 g/mol. The molecule has 0 spiro atoms. The fourth-order valence-electron chi connectivity index (χ4n) is 2.47. The van der Waals surface area contributed by atoms with Gasteiger partial charge in [0.1, 0.15) is 0 Å². The fourth-order valence-corrected chi connectivity index (χ4v) is 3.46. The summed E-state index contributed by atoms with van der Waals surface area (Å²) < 4.78 is 5.49. The van der Waals surface area contributed by atoms with Gasteiger partial charge in [0, 0.05) is 17.4 Å². The normalized spacial score (nSPS) is 21.8. The molecule has 16 heavy (non-hydrogen) atoms. The largest absolute Gasteiger partial charge is 0.380 e. The van der Waals surface area contributed by atoms with E-state index in [4.69, 9.17) is 10.6 Å². The molecule has 90 valence electrons. The van der Waals surface area contributed by atoms with E-state index in [1.807, 2.05) is 18.3 Å². The zero-order valence-electron chi connectivity index (χ0n) is 9.74. The van der Waals surface area contributed by atoms with Crippen LogP contribution in [0.5, 0.6) is 0 Å². The number of aryl methyl sites for hydroxylation is 1. The van der Waals surface area contributed by atoms with Gasteiger partial charge in [-0.05, 0) is 43.2 Å². The SMILES string of the molecule is CCOCC(NN)C1CCCc2sccc21. The van der Waals surface area contributed by atoms with Gasteiger partial charge >= 0.3 is 0 Å². The van der Waals surface area contributed by atoms with Crippen molar-refractivity contribution in [2.75, 3.05) is 13.2 Å². The maximum Gasteiger partial charge on any atom is 0.0638 e. The molecule has 0 aromatic carbocycles. The molecule has 1 aliphatic carbocycles. The van der Waals surface area contributed by atoms with E-state index in [-0.39, 0.29) is 6.04 Å². The third kappa shape index (κ3) is 2.46. The Kier molecular flexibility index (Phi) is 4.35. The maximum absolute atomic E-state index is 5.64. The number of nitrogens with two attached hydrogens (primary N) is 1. The van der Waals surface area contributed by atoms with Gasteiger partial charge in [-0.1, -0.05) is 0 Å². The Balaban J connectivity index is 2.09. The summed E-state index contributed by atoms with van der Waals surface area (Å²) in [5, 5.41) is 2.19. The molecule has 2 unspecified atom stereocenters. The van der Waals surface area contributed by atoms with Gasteiger partial charge in [-0.25, -0.2) is 0 Å². The number of fused-ring (bicyclic) bond motifs is 1. The molecule has 0 saturated carbocycles. The molecule has 2 atom stereocenters. The van der Waals surface area contributed by atoms with Crippen LogP contribution in [-0.2, 0) is 11.2 Å². The second-order valence-electron chi connectivity index (χ2n) is 4.23. The van der Waals surface area contributed by atoms with E-state index in [1.54, 1.807) is 0 Å². The van der Waals surface area contributed by atoms with Crippen molar-refractivity contribution >= 4 is 11.3 Å². The lowest BCUT2D eigenvalue weighted by Crippen LogP contribution is -2.43. The summed E-state index contributed by atoms with van der Waals surface area (Å²) in [6.45, 7) is 3.47. The van der Waals surface area contributed by atoms with Crippen molar-refractivity contribution in [3.8, 4) is 0 Å². The molecule has 0 fully saturated rings. The average Bonchev–Trinajstić information content (AvgIpc) is 2.78. The number of hydrogen-bond donors (Lipinski definition) is 2. The molecular formula is C12H20N2OS. The first-order chi connectivity index (χ1) is 7.86. The summed E-state index contributed by atoms with van der Waals surface area (Å²) in [4.78, 5) is 1.54. The predicted molar refractivity (Wildman–Crippen MR) is 67.6 cm³/mol. The summed E-state index contributed by atoms with van der Waals surface area (Å²) in [6, 6.07) is 2.49. The number of rotatable bonds is 5. The van der Waals surface area contributed by atoms with E-state index >= 15 is 0 Å². The van der Waals surface area contributed by atoms with Crippen LogP contribution in [0.2, 0.25) is 0 Å². The predicted octanol–water partition coefficient (Wildman–Crippen LogP) is 2.04. The van der Waals surface area contributed by atoms with Gasteiger partial charge in [-0.2, -0.15) is 0 Å². The average molecular weight is 240 g/mol. The van der Waals surface area contributed by atoms with Crippen molar-refractivity contribution < 1.29 is 4.74 Å². The number of hydrogen-bond acceptors (Lipinski definition) is 4. The molecule has 3 N–H and O–H groups in total. The van der Waals surface area contributed by atoms with Crippen molar-refractivity contribution in [3.05, 3.63) is 21.9 Å². The summed E-state index contributed by atoms with van der Waals surface area (Å²) in [6.07, 6.45) is 3.71. The minimum atomic E-state index is 0.244. The minimum absolute atomic E-state index is 0.244. The van der Waals surface area contributed by atoms with Gasteiger partial charge < -0.3 is 4.74 Å². The molecule has 0 radical (unpaired) electrons. The van der Waals surface area contributed by atoms with Gasteiger partial charge in [0.2, 0.25) is 0 Å². The Morgan fingerprint density at radius 1 is 1.69 bits per heavy atom. The number of nitrogens with one attached hydrogen (secondary N) is 1. The van der Waals surface area contributed by atoms with Crippen LogP contribution in [0.3, 0.4) is 0 Å². The molecule has 1 heterocycles. The highest BCUT2D eigenvalue weighted by molar-refractivity contribution is 7.10. The van der Waals surface area contributed by atoms with E-state index in [0.717, 1.165) is 6.61 Å². The maximum atomic E-state index is 5.64. The molecule has 4 heteroatoms. The van der Waals surface area contributed by atoms with E-state index < -0.39 is 0 Å². The Bertz CT molecular complexity index is 327. The lowest BCUT2D eigenvalue weighted by Gasteiger charge is -2.30. The van der Waals surface area contributed by atoms with Gasteiger partial charge in [0.25, 0.3) is 0 Å². The van der Waals surface area contributed by atoms with E-state index in [1.165, 1.54) is 29.7 Å². The third-order valence-electron chi connectivity index (χ3n) is 3.30. The van der Waals surface area contributed by atoms with Gasteiger partial charge in [-0.3, -0.25) is 11.3 Å². The second-order valence-corrected chi connectivity index (χ2v) is 5.23. The van der Waals surface area contributed by atoms with E-state index in [2.05, 4.69) is 16.9 Å². The first kappa shape index (κ1) is 12.0. The molecule has 1 aromatic rings. The van der Waals surface area contributed by atoms with Crippen molar-refractivity contribution in [2.45, 2.75) is 38.1 Å². The van der Waals surface area contributed by atoms with Crippen LogP contribution in [0.15, 0.2) is 11.4 Å². The number of ether oxygens (including phenoxy) is 1. The van der Waals surface area contributed by atoms with Crippen molar-refractivity contribution in [2.24, 2.45) is 5.84 Å². The molecular weight excluding hydrogens is 220 g/mol. The van der Waals surface area contributed by atoms with Crippen LogP contribution in [0.1, 0.15) is 36.1 Å². The lowest BCUT2D eigenvalue weighted by molar-refractivity contribution is 0.112. The summed E-state index contributed by atoms with van der Waals surface area (Å²) in [5.74, 6) is 6.16. The highest BCUT2D eigenvalue weighted by Crippen LogP contribution is 2.36. The molecule has 0 saturated heterocycles. The van der Waals surface area contributed by atoms with Crippen LogP contribution < -0.4 is 11.3 Å². The van der Waals surface area contributed by atoms with E-state index in [9.17, 15) is 0 Å². The Morgan fingerprint density at radius 3 is 3.31 bits per heavy atom. The van der Waals surface area contributed by atoms with E-state index in [0.29, 0.717) is 12.5 Å². The second kappa shape index (κ2) is 5.77. The van der Waals surface area contributed by atoms with Crippen LogP contribution in [0.25, 0.3) is 0 Å². The standard InChI is InChI=1S/C12H20N2OS/c1-2-15-8-11(14-13)9-4-3-5-12-10(9)6-7-16-12/h6-7,9,11,14H,2-5,8,13H2,1H3. The molecule has 0 amide bonds. The Labute approximate surface area is 101 Å². The lowest BCUT2D eigenvalue weighted by atomic mass is 9.83. The molecule has 1 aromatic heterocycles. The van der Waals surface area contributed by atoms with Crippen LogP contribution >= 0.6 is 11.3 Å². The van der Waals surface area contributed by atoms with Crippen LogP contribution in [0.4, 0.5) is 0 Å². The molecule has 0 aliphatic heterocycles. The zero-order chi connectivity index (χ0) is 11.4. The number of thiophene rings is 1.